The van der Waals surface area contributed by atoms with Crippen LogP contribution in [0.5, 0.6) is 0 Å². The predicted molar refractivity (Wildman–Crippen MR) is 88.1 cm³/mol. The zero-order valence-electron chi connectivity index (χ0n) is 15.0. The van der Waals surface area contributed by atoms with Crippen LogP contribution < -0.4 is 5.32 Å². The summed E-state index contributed by atoms with van der Waals surface area (Å²) in [6.45, 7) is 7.68. The fourth-order valence-electron chi connectivity index (χ4n) is 2.36. The molecule has 2 N–H and O–H groups in total. The van der Waals surface area contributed by atoms with Gasteiger partial charge in [0.15, 0.2) is 5.82 Å². The number of nitro groups is 1. The number of rotatable bonds is 5. The van der Waals surface area contributed by atoms with Crippen molar-refractivity contribution in [1.29, 1.82) is 0 Å². The van der Waals surface area contributed by atoms with Gasteiger partial charge in [-0.05, 0) is 26.8 Å². The number of hydrogen-bond acceptors (Lipinski definition) is 5. The van der Waals surface area contributed by atoms with Crippen LogP contribution in [0.1, 0.15) is 46.6 Å². The van der Waals surface area contributed by atoms with Crippen molar-refractivity contribution in [3.05, 3.63) is 33.4 Å². The van der Waals surface area contributed by atoms with Gasteiger partial charge in [0.1, 0.15) is 11.3 Å². The molecule has 1 aromatic carbocycles. The third kappa shape index (κ3) is 5.11. The zero-order chi connectivity index (χ0) is 20.4. The second kappa shape index (κ2) is 7.22. The number of nitro benzene ring substituents is 1. The monoisotopic (exact) mass is 374 g/mol. The number of halogens is 2. The third-order valence-electron chi connectivity index (χ3n) is 3.34. The molecule has 0 heterocycles. The molecule has 0 unspecified atom stereocenters. The highest BCUT2D eigenvalue weighted by Gasteiger charge is 2.38. The maximum Gasteiger partial charge on any atom is 0.409 e. The number of anilines is 1. The number of ether oxygens (including phenoxy) is 1. The Bertz CT molecular complexity index is 756. The molecule has 0 aliphatic heterocycles. The molecule has 0 aliphatic carbocycles. The molecule has 1 rings (SSSR count). The lowest BCUT2D eigenvalue weighted by molar-refractivity contribution is -0.388. The van der Waals surface area contributed by atoms with Crippen LogP contribution in [-0.4, -0.2) is 27.7 Å². The first kappa shape index (κ1) is 21.3. The number of benzene rings is 1. The Morgan fingerprint density at radius 3 is 2.23 bits per heavy atom. The first-order valence-electron chi connectivity index (χ1n) is 7.54. The molecule has 0 saturated carbocycles. The summed E-state index contributed by atoms with van der Waals surface area (Å²) in [6, 6.07) is 0.650. The van der Waals surface area contributed by atoms with Gasteiger partial charge < -0.3 is 9.84 Å². The number of hydrogen-bond donors (Lipinski definition) is 2. The molecule has 0 radical (unpaired) electrons. The highest BCUT2D eigenvalue weighted by molar-refractivity contribution is 5.84. The number of carbonyl (C=O) groups is 2. The molecule has 0 fully saturated rings. The average molecular weight is 374 g/mol. The minimum atomic E-state index is -1.78. The van der Waals surface area contributed by atoms with Crippen LogP contribution >= 0.6 is 0 Å². The standard InChI is InChI=1S/C16H20F2N2O6/c1-15(2,3)26-10(21)7-16(4,5)8-6-9(17)12(19-14(22)23)11(18)13(8)20(24)25/h6,19H,7H2,1-5H3,(H,22,23). The maximum absolute atomic E-state index is 14.4. The van der Waals surface area contributed by atoms with Crippen LogP contribution in [0.2, 0.25) is 0 Å². The lowest BCUT2D eigenvalue weighted by Crippen LogP contribution is -2.30. The number of nitrogens with zero attached hydrogens (tertiary/aromatic N) is 1. The van der Waals surface area contributed by atoms with Crippen molar-refractivity contribution in [3.63, 3.8) is 0 Å². The van der Waals surface area contributed by atoms with Crippen molar-refractivity contribution >= 4 is 23.4 Å². The van der Waals surface area contributed by atoms with Crippen LogP contribution in [0.25, 0.3) is 0 Å². The van der Waals surface area contributed by atoms with Crippen molar-refractivity contribution in [2.24, 2.45) is 0 Å². The van der Waals surface area contributed by atoms with E-state index in [-0.39, 0.29) is 12.0 Å². The normalized spacial score (nSPS) is 11.8. The van der Waals surface area contributed by atoms with E-state index in [1.54, 1.807) is 20.8 Å². The maximum atomic E-state index is 14.4. The number of amides is 1. The van der Waals surface area contributed by atoms with E-state index < -0.39 is 51.0 Å². The molecule has 0 saturated heterocycles. The summed E-state index contributed by atoms with van der Waals surface area (Å²) >= 11 is 0. The molecule has 144 valence electrons. The van der Waals surface area contributed by atoms with E-state index in [2.05, 4.69) is 0 Å². The minimum absolute atomic E-state index is 0.379. The van der Waals surface area contributed by atoms with Crippen LogP contribution in [0.4, 0.5) is 25.0 Å². The Morgan fingerprint density at radius 1 is 1.27 bits per heavy atom. The lowest BCUT2D eigenvalue weighted by Gasteiger charge is -2.27. The highest BCUT2D eigenvalue weighted by Crippen LogP contribution is 2.40. The van der Waals surface area contributed by atoms with Crippen LogP contribution in [-0.2, 0) is 14.9 Å². The van der Waals surface area contributed by atoms with E-state index in [4.69, 9.17) is 9.84 Å². The third-order valence-corrected chi connectivity index (χ3v) is 3.34. The van der Waals surface area contributed by atoms with E-state index >= 15 is 0 Å². The minimum Gasteiger partial charge on any atom is -0.465 e. The predicted octanol–water partition coefficient (Wildman–Crippen LogP) is 3.97. The fourth-order valence-corrected chi connectivity index (χ4v) is 2.36. The molecule has 0 bridgehead atoms. The van der Waals surface area contributed by atoms with E-state index in [1.807, 2.05) is 0 Å². The van der Waals surface area contributed by atoms with Crippen LogP contribution in [0.3, 0.4) is 0 Å². The van der Waals surface area contributed by atoms with Crippen LogP contribution in [0, 0.1) is 21.7 Å². The Hall–Kier alpha value is -2.78. The van der Waals surface area contributed by atoms with Gasteiger partial charge in [-0.2, -0.15) is 4.39 Å². The molecule has 0 aromatic heterocycles. The molecule has 1 amide bonds. The number of nitrogens with one attached hydrogen (secondary N) is 1. The topological polar surface area (TPSA) is 119 Å². The van der Waals surface area contributed by atoms with Crippen molar-refractivity contribution in [3.8, 4) is 0 Å². The lowest BCUT2D eigenvalue weighted by atomic mass is 9.80. The molecule has 10 heteroatoms. The molecule has 0 aliphatic rings. The van der Waals surface area contributed by atoms with E-state index in [9.17, 15) is 28.5 Å². The van der Waals surface area contributed by atoms with Crippen molar-refractivity contribution in [2.75, 3.05) is 5.32 Å². The van der Waals surface area contributed by atoms with Gasteiger partial charge in [0.2, 0.25) is 5.82 Å². The summed E-state index contributed by atoms with van der Waals surface area (Å²) in [5.41, 5.74) is -4.80. The van der Waals surface area contributed by atoms with Gasteiger partial charge in [-0.1, -0.05) is 13.8 Å². The van der Waals surface area contributed by atoms with Crippen molar-refractivity contribution < 1.29 is 33.1 Å². The molecule has 0 spiro atoms. The largest absolute Gasteiger partial charge is 0.465 e. The number of esters is 1. The second-order valence-electron chi connectivity index (χ2n) is 7.28. The fraction of sp³-hybridized carbons (Fsp3) is 0.500. The average Bonchev–Trinajstić information content (AvgIpc) is 2.38. The van der Waals surface area contributed by atoms with Gasteiger partial charge in [-0.25, -0.2) is 9.18 Å². The molecular weight excluding hydrogens is 354 g/mol. The molecular formula is C16H20F2N2O6. The summed E-state index contributed by atoms with van der Waals surface area (Å²) in [7, 11) is 0. The van der Waals surface area contributed by atoms with Gasteiger partial charge in [-0.3, -0.25) is 20.2 Å². The highest BCUT2D eigenvalue weighted by atomic mass is 19.1. The zero-order valence-corrected chi connectivity index (χ0v) is 15.0. The molecule has 1 aromatic rings. The van der Waals surface area contributed by atoms with Gasteiger partial charge in [0.05, 0.1) is 11.3 Å². The quantitative estimate of drug-likeness (QED) is 0.457. The van der Waals surface area contributed by atoms with E-state index in [0.29, 0.717) is 6.07 Å². The molecule has 8 nitrogen and oxygen atoms in total. The summed E-state index contributed by atoms with van der Waals surface area (Å²) in [5, 5.41) is 21.4. The molecule has 0 atom stereocenters. The molecule has 26 heavy (non-hydrogen) atoms. The van der Waals surface area contributed by atoms with Gasteiger partial charge in [0, 0.05) is 11.0 Å². The number of carbonyl (C=O) groups excluding carboxylic acids is 1. The number of carboxylic acid groups (broad SMARTS) is 1. The van der Waals surface area contributed by atoms with E-state index in [1.165, 1.54) is 19.2 Å². The second-order valence-corrected chi connectivity index (χ2v) is 7.28. The Balaban J connectivity index is 3.44. The van der Waals surface area contributed by atoms with Gasteiger partial charge in [-0.15, -0.1) is 0 Å². The summed E-state index contributed by atoms with van der Waals surface area (Å²) in [5.74, 6) is -3.70. The Morgan fingerprint density at radius 2 is 1.81 bits per heavy atom. The van der Waals surface area contributed by atoms with Crippen molar-refractivity contribution in [2.45, 2.75) is 52.1 Å². The van der Waals surface area contributed by atoms with Gasteiger partial charge in [0.25, 0.3) is 0 Å². The first-order valence-corrected chi connectivity index (χ1v) is 7.54. The summed E-state index contributed by atoms with van der Waals surface area (Å²) in [4.78, 5) is 32.9. The SMILES string of the molecule is CC(C)(C)OC(=O)CC(C)(C)c1cc(F)c(NC(=O)O)c(F)c1[N+](=O)[O-]. The van der Waals surface area contributed by atoms with Crippen LogP contribution in [0.15, 0.2) is 6.07 Å². The Kier molecular flexibility index (Phi) is 5.91. The van der Waals surface area contributed by atoms with Crippen molar-refractivity contribution in [1.82, 2.24) is 0 Å². The van der Waals surface area contributed by atoms with Gasteiger partial charge >= 0.3 is 17.7 Å². The summed E-state index contributed by atoms with van der Waals surface area (Å²) in [6.07, 6.45) is -2.16. The summed E-state index contributed by atoms with van der Waals surface area (Å²) < 4.78 is 33.7. The smallest absolute Gasteiger partial charge is 0.409 e. The Labute approximate surface area is 148 Å². The first-order chi connectivity index (χ1) is 11.7. The van der Waals surface area contributed by atoms with E-state index in [0.717, 1.165) is 0 Å².